The van der Waals surface area contributed by atoms with E-state index in [4.69, 9.17) is 9.26 Å². The Morgan fingerprint density at radius 2 is 1.86 bits per heavy atom. The van der Waals surface area contributed by atoms with Crippen LogP contribution < -0.4 is 10.1 Å². The van der Waals surface area contributed by atoms with Gasteiger partial charge in [-0.05, 0) is 50.2 Å². The van der Waals surface area contributed by atoms with E-state index in [1.54, 1.807) is 24.3 Å². The van der Waals surface area contributed by atoms with Crippen molar-refractivity contribution < 1.29 is 18.8 Å². The highest BCUT2D eigenvalue weighted by atomic mass is 16.5. The quantitative estimate of drug-likeness (QED) is 0.596. The molecule has 7 heteroatoms. The van der Waals surface area contributed by atoms with E-state index in [1.165, 1.54) is 6.92 Å². The summed E-state index contributed by atoms with van der Waals surface area (Å²) in [5, 5.41) is 6.71. The fourth-order valence-corrected chi connectivity index (χ4v) is 2.67. The highest BCUT2D eigenvalue weighted by molar-refractivity contribution is 6.03. The molecule has 0 fully saturated rings. The lowest BCUT2D eigenvalue weighted by Crippen LogP contribution is -2.14. The van der Waals surface area contributed by atoms with Crippen molar-refractivity contribution in [2.75, 3.05) is 11.9 Å². The van der Waals surface area contributed by atoms with Crippen molar-refractivity contribution in [1.29, 1.82) is 0 Å². The summed E-state index contributed by atoms with van der Waals surface area (Å²) < 4.78 is 10.6. The normalized spacial score (nSPS) is 10.5. The number of ketones is 1. The van der Waals surface area contributed by atoms with Gasteiger partial charge in [0.25, 0.3) is 0 Å². The predicted molar refractivity (Wildman–Crippen MR) is 104 cm³/mol. The Morgan fingerprint density at radius 3 is 2.57 bits per heavy atom. The second-order valence-electron chi connectivity index (χ2n) is 6.12. The molecule has 7 nitrogen and oxygen atoms in total. The van der Waals surface area contributed by atoms with E-state index in [0.29, 0.717) is 36.0 Å². The molecule has 0 saturated heterocycles. The summed E-state index contributed by atoms with van der Waals surface area (Å²) in [6.07, 6.45) is 0.468. The summed E-state index contributed by atoms with van der Waals surface area (Å²) >= 11 is 0. The van der Waals surface area contributed by atoms with Gasteiger partial charge in [-0.25, -0.2) is 0 Å². The third-order valence-corrected chi connectivity index (χ3v) is 4.04. The molecule has 0 aliphatic rings. The van der Waals surface area contributed by atoms with Gasteiger partial charge in [-0.1, -0.05) is 17.3 Å². The summed E-state index contributed by atoms with van der Waals surface area (Å²) in [5.41, 5.74) is 1.78. The van der Waals surface area contributed by atoms with Crippen LogP contribution in [0.4, 0.5) is 5.69 Å². The monoisotopic (exact) mass is 379 g/mol. The van der Waals surface area contributed by atoms with Gasteiger partial charge in [-0.15, -0.1) is 0 Å². The molecular formula is C21H21N3O4. The van der Waals surface area contributed by atoms with Crippen LogP contribution in [0.15, 0.2) is 53.1 Å². The van der Waals surface area contributed by atoms with E-state index in [2.05, 4.69) is 15.5 Å². The lowest BCUT2D eigenvalue weighted by molar-refractivity contribution is -0.116. The SMILES string of the molecule is CCOc1ccc(-c2noc(CCC(=O)Nc3ccccc3C(C)=O)n2)cc1. The molecule has 2 aromatic carbocycles. The number of para-hydroxylation sites is 1. The van der Waals surface area contributed by atoms with Gasteiger partial charge in [0.15, 0.2) is 5.78 Å². The molecule has 0 saturated carbocycles. The molecule has 3 rings (SSSR count). The van der Waals surface area contributed by atoms with Gasteiger partial charge >= 0.3 is 0 Å². The number of carbonyl (C=O) groups excluding carboxylic acids is 2. The molecule has 1 amide bonds. The highest BCUT2D eigenvalue weighted by Gasteiger charge is 2.13. The standard InChI is InChI=1S/C21H21N3O4/c1-3-27-16-10-8-15(9-11-16)21-23-20(28-24-21)13-12-19(26)22-18-7-5-4-6-17(18)14(2)25/h4-11H,3,12-13H2,1-2H3,(H,22,26). The Morgan fingerprint density at radius 1 is 1.11 bits per heavy atom. The minimum absolute atomic E-state index is 0.104. The Balaban J connectivity index is 1.58. The molecular weight excluding hydrogens is 358 g/mol. The van der Waals surface area contributed by atoms with Crippen LogP contribution in [0.2, 0.25) is 0 Å². The van der Waals surface area contributed by atoms with Crippen LogP contribution in [0.5, 0.6) is 5.75 Å². The summed E-state index contributed by atoms with van der Waals surface area (Å²) in [6.45, 7) is 3.99. The van der Waals surface area contributed by atoms with Gasteiger partial charge in [-0.2, -0.15) is 4.98 Å². The number of rotatable bonds is 8. The topological polar surface area (TPSA) is 94.3 Å². The molecule has 0 aliphatic carbocycles. The summed E-state index contributed by atoms with van der Waals surface area (Å²) in [6, 6.07) is 14.3. The zero-order valence-electron chi connectivity index (χ0n) is 15.8. The maximum Gasteiger partial charge on any atom is 0.227 e. The largest absolute Gasteiger partial charge is 0.494 e. The van der Waals surface area contributed by atoms with Gasteiger partial charge in [-0.3, -0.25) is 9.59 Å². The number of Topliss-reactive ketones (excluding diaryl/α,β-unsaturated/α-hetero) is 1. The predicted octanol–water partition coefficient (Wildman–Crippen LogP) is 3.91. The van der Waals surface area contributed by atoms with Crippen LogP contribution in [0.3, 0.4) is 0 Å². The lowest BCUT2D eigenvalue weighted by atomic mass is 10.1. The minimum atomic E-state index is -0.227. The maximum atomic E-state index is 12.2. The van der Waals surface area contributed by atoms with Crippen molar-refractivity contribution in [2.45, 2.75) is 26.7 Å². The Labute approximate surface area is 162 Å². The Bertz CT molecular complexity index is 964. The van der Waals surface area contributed by atoms with Crippen LogP contribution in [0.1, 0.15) is 36.5 Å². The Kier molecular flexibility index (Phi) is 6.16. The lowest BCUT2D eigenvalue weighted by Gasteiger charge is -2.08. The number of carbonyl (C=O) groups is 2. The zero-order chi connectivity index (χ0) is 19.9. The Hall–Kier alpha value is -3.48. The first-order valence-electron chi connectivity index (χ1n) is 9.02. The smallest absolute Gasteiger partial charge is 0.227 e. The number of aryl methyl sites for hydroxylation is 1. The first-order valence-corrected chi connectivity index (χ1v) is 9.02. The fraction of sp³-hybridized carbons (Fsp3) is 0.238. The van der Waals surface area contributed by atoms with E-state index < -0.39 is 0 Å². The van der Waals surface area contributed by atoms with E-state index >= 15 is 0 Å². The van der Waals surface area contributed by atoms with Crippen LogP contribution in [0, 0.1) is 0 Å². The van der Waals surface area contributed by atoms with Crippen molar-refractivity contribution in [3.05, 3.63) is 60.0 Å². The number of nitrogens with one attached hydrogen (secondary N) is 1. The molecule has 0 atom stereocenters. The molecule has 28 heavy (non-hydrogen) atoms. The number of anilines is 1. The molecule has 1 N–H and O–H groups in total. The number of hydrogen-bond acceptors (Lipinski definition) is 6. The summed E-state index contributed by atoms with van der Waals surface area (Å²) in [5.74, 6) is 1.28. The number of aromatic nitrogens is 2. The number of nitrogens with zero attached hydrogens (tertiary/aromatic N) is 2. The van der Waals surface area contributed by atoms with Gasteiger partial charge in [0.05, 0.1) is 12.3 Å². The third-order valence-electron chi connectivity index (χ3n) is 4.04. The van der Waals surface area contributed by atoms with E-state index in [0.717, 1.165) is 11.3 Å². The molecule has 0 spiro atoms. The van der Waals surface area contributed by atoms with Crippen LogP contribution in [-0.4, -0.2) is 28.4 Å². The van der Waals surface area contributed by atoms with E-state index in [9.17, 15) is 9.59 Å². The molecule has 0 radical (unpaired) electrons. The highest BCUT2D eigenvalue weighted by Crippen LogP contribution is 2.20. The van der Waals surface area contributed by atoms with Crippen molar-refractivity contribution in [2.24, 2.45) is 0 Å². The maximum absolute atomic E-state index is 12.2. The average Bonchev–Trinajstić information content (AvgIpc) is 3.16. The molecule has 0 bridgehead atoms. The van der Waals surface area contributed by atoms with Crippen LogP contribution in [-0.2, 0) is 11.2 Å². The first-order chi connectivity index (χ1) is 13.6. The van der Waals surface area contributed by atoms with Gasteiger partial charge in [0.2, 0.25) is 17.6 Å². The molecule has 3 aromatic rings. The number of benzene rings is 2. The summed E-state index contributed by atoms with van der Waals surface area (Å²) in [7, 11) is 0. The molecule has 0 aliphatic heterocycles. The number of ether oxygens (including phenoxy) is 1. The summed E-state index contributed by atoms with van der Waals surface area (Å²) in [4.78, 5) is 28.2. The van der Waals surface area contributed by atoms with Crippen molar-refractivity contribution >= 4 is 17.4 Å². The first kappa shape index (κ1) is 19.3. The van der Waals surface area contributed by atoms with Gasteiger partial charge in [0.1, 0.15) is 5.75 Å². The van der Waals surface area contributed by atoms with Gasteiger partial charge < -0.3 is 14.6 Å². The number of amides is 1. The van der Waals surface area contributed by atoms with Crippen molar-refractivity contribution in [3.63, 3.8) is 0 Å². The second-order valence-corrected chi connectivity index (χ2v) is 6.12. The third kappa shape index (κ3) is 4.82. The van der Waals surface area contributed by atoms with Crippen molar-refractivity contribution in [3.8, 4) is 17.1 Å². The average molecular weight is 379 g/mol. The van der Waals surface area contributed by atoms with Gasteiger partial charge in [0, 0.05) is 24.0 Å². The van der Waals surface area contributed by atoms with Crippen molar-refractivity contribution in [1.82, 2.24) is 10.1 Å². The second kappa shape index (κ2) is 8.94. The molecule has 144 valence electrons. The number of hydrogen-bond donors (Lipinski definition) is 1. The minimum Gasteiger partial charge on any atom is -0.494 e. The molecule has 1 aromatic heterocycles. The zero-order valence-corrected chi connectivity index (χ0v) is 15.8. The molecule has 1 heterocycles. The van der Waals surface area contributed by atoms with Crippen LogP contribution in [0.25, 0.3) is 11.4 Å². The molecule has 0 unspecified atom stereocenters. The van der Waals surface area contributed by atoms with E-state index in [1.807, 2.05) is 31.2 Å². The van der Waals surface area contributed by atoms with E-state index in [-0.39, 0.29) is 18.1 Å². The van der Waals surface area contributed by atoms with Crippen LogP contribution >= 0.6 is 0 Å². The fourth-order valence-electron chi connectivity index (χ4n) is 2.67.